The van der Waals surface area contributed by atoms with Crippen molar-refractivity contribution in [2.45, 2.75) is 19.1 Å². The first-order chi connectivity index (χ1) is 15.4. The number of aliphatic hydroxyl groups is 1. The first-order valence-corrected chi connectivity index (χ1v) is 9.88. The van der Waals surface area contributed by atoms with Gasteiger partial charge in [0.2, 0.25) is 0 Å². The lowest BCUT2D eigenvalue weighted by Gasteiger charge is -2.25. The number of hydrogen-bond donors (Lipinski definition) is 3. The van der Waals surface area contributed by atoms with Crippen molar-refractivity contribution in [1.82, 2.24) is 5.32 Å². The number of imide groups is 1. The standard InChI is InChI=1S/C23H25NO8/c1-2-30-19(12-13-20(26)27)21(16-8-10-18(11-9-16)31-15-14-25)32-23(29)24-22(28)17-6-4-3-5-7-17/h3-13,19,21,25H,2,14-15H2,1H3,(H,26,27)(H,24,28,29)/b13-12+/t19-,21-/m1/s1. The fourth-order valence-corrected chi connectivity index (χ4v) is 2.75. The summed E-state index contributed by atoms with van der Waals surface area (Å²) in [6.45, 7) is 1.90. The zero-order chi connectivity index (χ0) is 23.3. The van der Waals surface area contributed by atoms with Crippen LogP contribution in [0.4, 0.5) is 4.79 Å². The van der Waals surface area contributed by atoms with E-state index in [-0.39, 0.29) is 25.4 Å². The molecule has 32 heavy (non-hydrogen) atoms. The van der Waals surface area contributed by atoms with Gasteiger partial charge in [0.05, 0.1) is 6.61 Å². The predicted octanol–water partition coefficient (Wildman–Crippen LogP) is 2.71. The van der Waals surface area contributed by atoms with Crippen LogP contribution in [-0.4, -0.2) is 54.1 Å². The van der Waals surface area contributed by atoms with E-state index in [1.54, 1.807) is 61.5 Å². The van der Waals surface area contributed by atoms with Crippen molar-refractivity contribution in [2.75, 3.05) is 19.8 Å². The summed E-state index contributed by atoms with van der Waals surface area (Å²) in [5.74, 6) is -1.35. The zero-order valence-corrected chi connectivity index (χ0v) is 17.5. The molecule has 2 aromatic rings. The molecule has 0 spiro atoms. The number of aliphatic carboxylic acids is 1. The van der Waals surface area contributed by atoms with Gasteiger partial charge in [-0.15, -0.1) is 0 Å². The van der Waals surface area contributed by atoms with Crippen molar-refractivity contribution in [3.8, 4) is 5.75 Å². The highest BCUT2D eigenvalue weighted by atomic mass is 16.6. The summed E-state index contributed by atoms with van der Waals surface area (Å²) in [6.07, 6.45) is -0.849. The van der Waals surface area contributed by atoms with E-state index in [1.807, 2.05) is 0 Å². The molecule has 2 aromatic carbocycles. The number of carboxylic acids is 1. The molecule has 9 nitrogen and oxygen atoms in total. The van der Waals surface area contributed by atoms with Crippen LogP contribution in [-0.2, 0) is 14.3 Å². The molecule has 0 aliphatic heterocycles. The van der Waals surface area contributed by atoms with Crippen LogP contribution < -0.4 is 10.1 Å². The van der Waals surface area contributed by atoms with Gasteiger partial charge in [-0.25, -0.2) is 9.59 Å². The largest absolute Gasteiger partial charge is 0.491 e. The number of carbonyl (C=O) groups excluding carboxylic acids is 2. The number of hydrogen-bond acceptors (Lipinski definition) is 7. The van der Waals surface area contributed by atoms with Gasteiger partial charge in [-0.3, -0.25) is 10.1 Å². The molecule has 0 fully saturated rings. The number of carboxylic acid groups (broad SMARTS) is 1. The fraction of sp³-hybridized carbons (Fsp3) is 0.261. The van der Waals surface area contributed by atoms with Gasteiger partial charge in [0.15, 0.2) is 6.10 Å². The molecule has 0 aliphatic carbocycles. The van der Waals surface area contributed by atoms with E-state index in [0.717, 1.165) is 6.08 Å². The Hall–Kier alpha value is -3.69. The van der Waals surface area contributed by atoms with Gasteiger partial charge in [0.25, 0.3) is 5.91 Å². The molecule has 2 rings (SSSR count). The van der Waals surface area contributed by atoms with Crippen molar-refractivity contribution >= 4 is 18.0 Å². The van der Waals surface area contributed by atoms with Crippen LogP contribution in [0.2, 0.25) is 0 Å². The highest BCUT2D eigenvalue weighted by Crippen LogP contribution is 2.27. The third kappa shape index (κ3) is 7.86. The monoisotopic (exact) mass is 443 g/mol. The summed E-state index contributed by atoms with van der Waals surface area (Å²) in [4.78, 5) is 35.7. The number of benzene rings is 2. The summed E-state index contributed by atoms with van der Waals surface area (Å²) in [5.41, 5.74) is 0.760. The van der Waals surface area contributed by atoms with Gasteiger partial charge in [0, 0.05) is 18.2 Å². The lowest BCUT2D eigenvalue weighted by molar-refractivity contribution is -0.131. The molecule has 0 unspecified atom stereocenters. The minimum atomic E-state index is -1.19. The maximum atomic E-state index is 12.5. The van der Waals surface area contributed by atoms with Gasteiger partial charge >= 0.3 is 12.1 Å². The zero-order valence-electron chi connectivity index (χ0n) is 17.5. The lowest BCUT2D eigenvalue weighted by Crippen LogP contribution is -2.35. The molecule has 0 bridgehead atoms. The second kappa shape index (κ2) is 12.9. The van der Waals surface area contributed by atoms with Gasteiger partial charge < -0.3 is 24.4 Å². The van der Waals surface area contributed by atoms with E-state index >= 15 is 0 Å². The van der Waals surface area contributed by atoms with Gasteiger partial charge in [-0.05, 0) is 42.8 Å². The molecule has 0 radical (unpaired) electrons. The average molecular weight is 443 g/mol. The maximum absolute atomic E-state index is 12.5. The van der Waals surface area contributed by atoms with Crippen molar-refractivity contribution in [1.29, 1.82) is 0 Å². The molecule has 3 N–H and O–H groups in total. The molecule has 0 saturated heterocycles. The topological polar surface area (TPSA) is 131 Å². The van der Waals surface area contributed by atoms with Gasteiger partial charge in [0.1, 0.15) is 18.5 Å². The summed E-state index contributed by atoms with van der Waals surface area (Å²) in [5, 5.41) is 20.0. The Balaban J connectivity index is 2.24. The summed E-state index contributed by atoms with van der Waals surface area (Å²) >= 11 is 0. The SMILES string of the molecule is CCO[C@H](/C=C/C(=O)O)[C@H](OC(=O)NC(=O)c1ccccc1)c1ccc(OCCO)cc1. The lowest BCUT2D eigenvalue weighted by atomic mass is 10.0. The quantitative estimate of drug-likeness (QED) is 0.452. The van der Waals surface area contributed by atoms with Crippen molar-refractivity contribution in [2.24, 2.45) is 0 Å². The predicted molar refractivity (Wildman–Crippen MR) is 114 cm³/mol. The van der Waals surface area contributed by atoms with E-state index in [1.165, 1.54) is 6.08 Å². The van der Waals surface area contributed by atoms with Crippen molar-refractivity contribution in [3.63, 3.8) is 0 Å². The minimum absolute atomic E-state index is 0.117. The second-order valence-corrected chi connectivity index (χ2v) is 6.40. The molecule has 0 heterocycles. The Bertz CT molecular complexity index is 911. The number of amides is 2. The second-order valence-electron chi connectivity index (χ2n) is 6.40. The Morgan fingerprint density at radius 2 is 1.75 bits per heavy atom. The molecule has 2 amide bonds. The third-order valence-corrected chi connectivity index (χ3v) is 4.14. The molecular weight excluding hydrogens is 418 g/mol. The summed E-state index contributed by atoms with van der Waals surface area (Å²) in [6, 6.07) is 14.6. The van der Waals surface area contributed by atoms with E-state index < -0.39 is 30.2 Å². The number of carbonyl (C=O) groups is 3. The highest BCUT2D eigenvalue weighted by molar-refractivity contribution is 6.02. The fourth-order valence-electron chi connectivity index (χ4n) is 2.75. The summed E-state index contributed by atoms with van der Waals surface area (Å²) < 4.78 is 16.4. The van der Waals surface area contributed by atoms with Gasteiger partial charge in [-0.2, -0.15) is 0 Å². The van der Waals surface area contributed by atoms with Crippen LogP contribution in [0.25, 0.3) is 0 Å². The molecule has 2 atom stereocenters. The number of ether oxygens (including phenoxy) is 3. The van der Waals surface area contributed by atoms with E-state index in [9.17, 15) is 14.4 Å². The molecule has 9 heteroatoms. The van der Waals surface area contributed by atoms with Crippen molar-refractivity contribution in [3.05, 3.63) is 77.9 Å². The van der Waals surface area contributed by atoms with Crippen LogP contribution in [0.1, 0.15) is 28.9 Å². The molecular formula is C23H25NO8. The smallest absolute Gasteiger partial charge is 0.414 e. The van der Waals surface area contributed by atoms with Crippen LogP contribution in [0.3, 0.4) is 0 Å². The summed E-state index contributed by atoms with van der Waals surface area (Å²) in [7, 11) is 0. The maximum Gasteiger partial charge on any atom is 0.414 e. The Morgan fingerprint density at radius 3 is 2.34 bits per heavy atom. The molecule has 0 aliphatic rings. The normalized spacial score (nSPS) is 12.7. The number of alkyl carbamates (subject to hydrolysis) is 1. The van der Waals surface area contributed by atoms with Crippen LogP contribution in [0, 0.1) is 0 Å². The van der Waals surface area contributed by atoms with Crippen LogP contribution in [0.5, 0.6) is 5.75 Å². The number of rotatable bonds is 11. The molecule has 0 saturated carbocycles. The average Bonchev–Trinajstić information content (AvgIpc) is 2.80. The van der Waals surface area contributed by atoms with Gasteiger partial charge in [-0.1, -0.05) is 30.3 Å². The first kappa shape index (κ1) is 24.6. The highest BCUT2D eigenvalue weighted by Gasteiger charge is 2.27. The Labute approximate surface area is 185 Å². The minimum Gasteiger partial charge on any atom is -0.491 e. The van der Waals surface area contributed by atoms with E-state index in [4.69, 9.17) is 24.4 Å². The van der Waals surface area contributed by atoms with Crippen LogP contribution >= 0.6 is 0 Å². The number of aliphatic hydroxyl groups excluding tert-OH is 1. The third-order valence-electron chi connectivity index (χ3n) is 4.14. The Morgan fingerprint density at radius 1 is 1.06 bits per heavy atom. The van der Waals surface area contributed by atoms with Crippen LogP contribution in [0.15, 0.2) is 66.7 Å². The van der Waals surface area contributed by atoms with E-state index in [2.05, 4.69) is 5.32 Å². The van der Waals surface area contributed by atoms with Crippen molar-refractivity contribution < 1.29 is 38.8 Å². The number of nitrogens with one attached hydrogen (secondary N) is 1. The Kier molecular flexibility index (Phi) is 9.89. The first-order valence-electron chi connectivity index (χ1n) is 9.88. The van der Waals surface area contributed by atoms with E-state index in [0.29, 0.717) is 11.3 Å². The molecule has 170 valence electrons. The molecule has 0 aromatic heterocycles.